The third kappa shape index (κ3) is 1.84. The normalized spacial score (nSPS) is 10.7. The van der Waals surface area contributed by atoms with Gasteiger partial charge in [0.1, 0.15) is 11.5 Å². The standard InChI is InChI=1S/C15H14N2O3/c1-19-10-7-8-14(20-2)13(9-10)17-12-6-4-3-5-11(12)16-15(17)18/h3-9H,1-2H3,(H,16,18). The predicted octanol–water partition coefficient (Wildman–Crippen LogP) is 2.34. The van der Waals surface area contributed by atoms with Gasteiger partial charge in [0.2, 0.25) is 0 Å². The quantitative estimate of drug-likeness (QED) is 0.794. The van der Waals surface area contributed by atoms with E-state index in [1.807, 2.05) is 24.3 Å². The van der Waals surface area contributed by atoms with Crippen LogP contribution in [0.3, 0.4) is 0 Å². The SMILES string of the molecule is COc1ccc(OC)c(-n2c(=O)[nH]c3ccccc32)c1. The highest BCUT2D eigenvalue weighted by Crippen LogP contribution is 2.28. The number of benzene rings is 2. The summed E-state index contributed by atoms with van der Waals surface area (Å²) < 4.78 is 12.1. The summed E-state index contributed by atoms with van der Waals surface area (Å²) in [6, 6.07) is 12.9. The lowest BCUT2D eigenvalue weighted by Gasteiger charge is -2.11. The minimum Gasteiger partial charge on any atom is -0.497 e. The van der Waals surface area contributed by atoms with Crippen molar-refractivity contribution in [3.05, 3.63) is 52.9 Å². The number of aromatic amines is 1. The second kappa shape index (κ2) is 4.77. The van der Waals surface area contributed by atoms with Crippen LogP contribution in [0.15, 0.2) is 47.3 Å². The van der Waals surface area contributed by atoms with Crippen molar-refractivity contribution in [3.8, 4) is 17.2 Å². The van der Waals surface area contributed by atoms with Crippen molar-refractivity contribution in [1.82, 2.24) is 9.55 Å². The van der Waals surface area contributed by atoms with Gasteiger partial charge < -0.3 is 14.5 Å². The molecule has 0 aliphatic rings. The van der Waals surface area contributed by atoms with Gasteiger partial charge in [-0.2, -0.15) is 0 Å². The first kappa shape index (κ1) is 12.3. The molecule has 0 atom stereocenters. The van der Waals surface area contributed by atoms with Gasteiger partial charge in [0.25, 0.3) is 0 Å². The van der Waals surface area contributed by atoms with E-state index in [1.165, 1.54) is 0 Å². The lowest BCUT2D eigenvalue weighted by molar-refractivity contribution is 0.401. The fourth-order valence-corrected chi connectivity index (χ4v) is 2.27. The van der Waals surface area contributed by atoms with E-state index in [4.69, 9.17) is 9.47 Å². The first-order chi connectivity index (χ1) is 9.74. The Morgan fingerprint density at radius 1 is 1.05 bits per heavy atom. The molecular formula is C15H14N2O3. The van der Waals surface area contributed by atoms with Crippen LogP contribution < -0.4 is 15.2 Å². The highest BCUT2D eigenvalue weighted by atomic mass is 16.5. The van der Waals surface area contributed by atoms with E-state index in [0.29, 0.717) is 17.2 Å². The van der Waals surface area contributed by atoms with E-state index in [0.717, 1.165) is 11.0 Å². The fourth-order valence-electron chi connectivity index (χ4n) is 2.27. The van der Waals surface area contributed by atoms with Crippen molar-refractivity contribution in [3.63, 3.8) is 0 Å². The lowest BCUT2D eigenvalue weighted by Crippen LogP contribution is -2.15. The Morgan fingerprint density at radius 2 is 1.85 bits per heavy atom. The third-order valence-corrected chi connectivity index (χ3v) is 3.22. The number of aromatic nitrogens is 2. The van der Waals surface area contributed by atoms with Crippen molar-refractivity contribution < 1.29 is 9.47 Å². The Hall–Kier alpha value is -2.69. The van der Waals surface area contributed by atoms with Gasteiger partial charge in [0, 0.05) is 6.07 Å². The number of para-hydroxylation sites is 2. The summed E-state index contributed by atoms with van der Waals surface area (Å²) >= 11 is 0. The Balaban J connectivity index is 2.35. The molecule has 1 aromatic heterocycles. The summed E-state index contributed by atoms with van der Waals surface area (Å²) in [5.74, 6) is 1.27. The molecule has 0 saturated carbocycles. The predicted molar refractivity (Wildman–Crippen MR) is 77.0 cm³/mol. The van der Waals surface area contributed by atoms with Crippen molar-refractivity contribution in [1.29, 1.82) is 0 Å². The molecule has 0 aliphatic heterocycles. The van der Waals surface area contributed by atoms with Crippen LogP contribution in [0.4, 0.5) is 0 Å². The molecule has 0 aliphatic carbocycles. The van der Waals surface area contributed by atoms with Crippen molar-refractivity contribution in [2.24, 2.45) is 0 Å². The molecule has 1 heterocycles. The Kier molecular flexibility index (Phi) is 2.95. The second-order valence-electron chi connectivity index (χ2n) is 4.32. The van der Waals surface area contributed by atoms with Crippen LogP contribution in [-0.4, -0.2) is 23.8 Å². The summed E-state index contributed by atoms with van der Waals surface area (Å²) in [6.07, 6.45) is 0. The fraction of sp³-hybridized carbons (Fsp3) is 0.133. The number of fused-ring (bicyclic) bond motifs is 1. The van der Waals surface area contributed by atoms with Crippen LogP contribution in [0.25, 0.3) is 16.7 Å². The molecule has 0 bridgehead atoms. The minimum atomic E-state index is -0.210. The van der Waals surface area contributed by atoms with Gasteiger partial charge >= 0.3 is 5.69 Å². The Bertz CT molecular complexity index is 817. The van der Waals surface area contributed by atoms with E-state index in [2.05, 4.69) is 4.98 Å². The molecule has 5 heteroatoms. The van der Waals surface area contributed by atoms with Gasteiger partial charge in [-0.25, -0.2) is 4.79 Å². The number of hydrogen-bond acceptors (Lipinski definition) is 3. The maximum Gasteiger partial charge on any atom is 0.331 e. The Labute approximate surface area is 115 Å². The van der Waals surface area contributed by atoms with Gasteiger partial charge in [0.15, 0.2) is 0 Å². The number of nitrogens with zero attached hydrogens (tertiary/aromatic N) is 1. The van der Waals surface area contributed by atoms with E-state index in [9.17, 15) is 4.79 Å². The third-order valence-electron chi connectivity index (χ3n) is 3.22. The molecule has 20 heavy (non-hydrogen) atoms. The van der Waals surface area contributed by atoms with Gasteiger partial charge in [-0.15, -0.1) is 0 Å². The monoisotopic (exact) mass is 270 g/mol. The van der Waals surface area contributed by atoms with Crippen LogP contribution in [0.2, 0.25) is 0 Å². The number of methoxy groups -OCH3 is 2. The molecule has 2 aromatic carbocycles. The molecule has 0 spiro atoms. The number of H-pyrrole nitrogens is 1. The summed E-state index contributed by atoms with van der Waals surface area (Å²) in [4.78, 5) is 15.0. The maximum atomic E-state index is 12.2. The average molecular weight is 270 g/mol. The molecule has 0 unspecified atom stereocenters. The molecule has 0 fully saturated rings. The topological polar surface area (TPSA) is 56.2 Å². The summed E-state index contributed by atoms with van der Waals surface area (Å²) in [6.45, 7) is 0. The zero-order valence-electron chi connectivity index (χ0n) is 11.2. The summed E-state index contributed by atoms with van der Waals surface area (Å²) in [5, 5.41) is 0. The molecule has 102 valence electrons. The first-order valence-corrected chi connectivity index (χ1v) is 6.17. The van der Waals surface area contributed by atoms with Gasteiger partial charge in [-0.05, 0) is 24.3 Å². The molecule has 3 aromatic rings. The largest absolute Gasteiger partial charge is 0.497 e. The van der Waals surface area contributed by atoms with Crippen LogP contribution >= 0.6 is 0 Å². The summed E-state index contributed by atoms with van der Waals surface area (Å²) in [5.41, 5.74) is 2.01. The number of rotatable bonds is 3. The molecule has 5 nitrogen and oxygen atoms in total. The van der Waals surface area contributed by atoms with Gasteiger partial charge in [-0.3, -0.25) is 4.57 Å². The van der Waals surface area contributed by atoms with Crippen LogP contribution in [-0.2, 0) is 0 Å². The number of ether oxygens (including phenoxy) is 2. The van der Waals surface area contributed by atoms with E-state index in [1.54, 1.807) is 37.0 Å². The smallest absolute Gasteiger partial charge is 0.331 e. The van der Waals surface area contributed by atoms with Crippen molar-refractivity contribution >= 4 is 11.0 Å². The Morgan fingerprint density at radius 3 is 2.60 bits per heavy atom. The van der Waals surface area contributed by atoms with Gasteiger partial charge in [-0.1, -0.05) is 12.1 Å². The first-order valence-electron chi connectivity index (χ1n) is 6.17. The van der Waals surface area contributed by atoms with Crippen LogP contribution in [0.5, 0.6) is 11.5 Å². The molecule has 0 saturated heterocycles. The zero-order valence-corrected chi connectivity index (χ0v) is 11.2. The maximum absolute atomic E-state index is 12.2. The molecule has 1 N–H and O–H groups in total. The number of nitrogens with one attached hydrogen (secondary N) is 1. The highest BCUT2D eigenvalue weighted by molar-refractivity contribution is 5.78. The van der Waals surface area contributed by atoms with Gasteiger partial charge in [0.05, 0.1) is 30.9 Å². The number of hydrogen-bond donors (Lipinski definition) is 1. The molecule has 0 radical (unpaired) electrons. The summed E-state index contributed by atoms with van der Waals surface area (Å²) in [7, 11) is 3.16. The molecule has 3 rings (SSSR count). The van der Waals surface area contributed by atoms with Crippen LogP contribution in [0, 0.1) is 0 Å². The van der Waals surface area contributed by atoms with Crippen molar-refractivity contribution in [2.75, 3.05) is 14.2 Å². The molecular weight excluding hydrogens is 256 g/mol. The number of imidazole rings is 1. The average Bonchev–Trinajstić information content (AvgIpc) is 2.82. The second-order valence-corrected chi connectivity index (χ2v) is 4.32. The molecule has 0 amide bonds. The van der Waals surface area contributed by atoms with Crippen molar-refractivity contribution in [2.45, 2.75) is 0 Å². The minimum absolute atomic E-state index is 0.210. The van der Waals surface area contributed by atoms with Crippen LogP contribution in [0.1, 0.15) is 0 Å². The zero-order chi connectivity index (χ0) is 14.1. The van der Waals surface area contributed by atoms with E-state index < -0.39 is 0 Å². The van der Waals surface area contributed by atoms with E-state index >= 15 is 0 Å². The van der Waals surface area contributed by atoms with E-state index in [-0.39, 0.29) is 5.69 Å². The lowest BCUT2D eigenvalue weighted by atomic mass is 10.2. The highest BCUT2D eigenvalue weighted by Gasteiger charge is 2.13.